The van der Waals surface area contributed by atoms with E-state index in [0.717, 1.165) is 18.4 Å². The van der Waals surface area contributed by atoms with Gasteiger partial charge in [0.25, 0.3) is 0 Å². The van der Waals surface area contributed by atoms with Crippen molar-refractivity contribution in [1.82, 2.24) is 10.2 Å². The fraction of sp³-hybridized carbons (Fsp3) is 0.409. The number of hydrogen-bond acceptors (Lipinski definition) is 4. The molecule has 0 bridgehead atoms. The molecule has 1 aliphatic heterocycles. The van der Waals surface area contributed by atoms with Crippen molar-refractivity contribution in [2.75, 3.05) is 27.3 Å². The van der Waals surface area contributed by atoms with Crippen LogP contribution in [0.2, 0.25) is 0 Å². The molecule has 1 saturated heterocycles. The number of nitrogens with zero attached hydrogens (tertiary/aromatic N) is 1. The molecule has 2 aromatic carbocycles. The van der Waals surface area contributed by atoms with Crippen LogP contribution in [0.5, 0.6) is 11.5 Å². The van der Waals surface area contributed by atoms with E-state index in [4.69, 9.17) is 9.47 Å². The van der Waals surface area contributed by atoms with Crippen LogP contribution in [0.15, 0.2) is 48.5 Å². The summed E-state index contributed by atoms with van der Waals surface area (Å²) in [5.41, 5.74) is 0.896. The van der Waals surface area contributed by atoms with Crippen LogP contribution < -0.4 is 14.8 Å². The molecule has 0 saturated carbocycles. The van der Waals surface area contributed by atoms with E-state index in [0.29, 0.717) is 18.0 Å². The van der Waals surface area contributed by atoms with Gasteiger partial charge in [-0.3, -0.25) is 10.1 Å². The van der Waals surface area contributed by atoms with Crippen LogP contribution in [-0.4, -0.2) is 44.3 Å². The monoisotopic (exact) mass is 422 g/mol. The normalized spacial score (nSPS) is 17.6. The molecule has 1 heterocycles. The highest BCUT2D eigenvalue weighted by Crippen LogP contribution is 2.39. The van der Waals surface area contributed by atoms with Crippen LogP contribution in [0.4, 0.5) is 13.2 Å². The van der Waals surface area contributed by atoms with Crippen molar-refractivity contribution >= 4 is 5.91 Å². The van der Waals surface area contributed by atoms with Crippen LogP contribution in [-0.2, 0) is 4.79 Å². The van der Waals surface area contributed by atoms with E-state index in [1.54, 1.807) is 42.3 Å². The maximum absolute atomic E-state index is 13.5. The number of hydrogen-bond donors (Lipinski definition) is 1. The number of nitrogens with one attached hydrogen (secondary N) is 1. The van der Waals surface area contributed by atoms with Gasteiger partial charge < -0.3 is 14.4 Å². The predicted octanol–water partition coefficient (Wildman–Crippen LogP) is 4.26. The summed E-state index contributed by atoms with van der Waals surface area (Å²) in [7, 11) is 3.09. The molecule has 5 nitrogen and oxygen atoms in total. The summed E-state index contributed by atoms with van der Waals surface area (Å²) in [6, 6.07) is 10.8. The Morgan fingerprint density at radius 2 is 1.90 bits per heavy atom. The Kier molecular flexibility index (Phi) is 6.87. The second-order valence-electron chi connectivity index (χ2n) is 7.12. The molecule has 0 aliphatic carbocycles. The first kappa shape index (κ1) is 22.0. The van der Waals surface area contributed by atoms with Crippen molar-refractivity contribution in [2.24, 2.45) is 0 Å². The lowest BCUT2D eigenvalue weighted by atomic mass is 10.0. The Morgan fingerprint density at radius 3 is 2.53 bits per heavy atom. The number of alkyl halides is 3. The first-order valence-electron chi connectivity index (χ1n) is 9.71. The maximum atomic E-state index is 13.5. The fourth-order valence-electron chi connectivity index (χ4n) is 3.84. The van der Waals surface area contributed by atoms with Crippen molar-refractivity contribution in [3.8, 4) is 11.5 Å². The smallest absolute Gasteiger partial charge is 0.407 e. The van der Waals surface area contributed by atoms with Gasteiger partial charge in [0.2, 0.25) is 5.91 Å². The van der Waals surface area contributed by atoms with E-state index in [9.17, 15) is 18.0 Å². The van der Waals surface area contributed by atoms with Crippen LogP contribution >= 0.6 is 0 Å². The molecule has 1 fully saturated rings. The molecule has 3 rings (SSSR count). The van der Waals surface area contributed by atoms with Crippen LogP contribution in [0.25, 0.3) is 0 Å². The van der Waals surface area contributed by atoms with Crippen LogP contribution in [0.1, 0.15) is 36.1 Å². The van der Waals surface area contributed by atoms with Gasteiger partial charge in [0, 0.05) is 18.2 Å². The van der Waals surface area contributed by atoms with Gasteiger partial charge in [-0.1, -0.05) is 30.3 Å². The van der Waals surface area contributed by atoms with E-state index < -0.39 is 18.8 Å². The molecule has 8 heteroatoms. The molecular formula is C22H25F3N2O3. The van der Waals surface area contributed by atoms with E-state index in [2.05, 4.69) is 5.32 Å². The highest BCUT2D eigenvalue weighted by atomic mass is 19.4. The quantitative estimate of drug-likeness (QED) is 0.725. The highest BCUT2D eigenvalue weighted by Gasteiger charge is 2.41. The molecule has 0 spiro atoms. The van der Waals surface area contributed by atoms with Crippen molar-refractivity contribution in [2.45, 2.75) is 31.1 Å². The standard InChI is InChI=1S/C22H25F3N2O3/c1-29-16-10-11-17(19(13-16)30-2)18-9-6-12-27(18)20(28)14-26-21(22(23,24)25)15-7-4-3-5-8-15/h3-5,7-8,10-11,13,18,21,26H,6,9,12,14H2,1-2H3. The summed E-state index contributed by atoms with van der Waals surface area (Å²) in [6.07, 6.45) is -3.02. The molecule has 1 aliphatic rings. The first-order valence-corrected chi connectivity index (χ1v) is 9.71. The van der Waals surface area contributed by atoms with Crippen molar-refractivity contribution in [3.05, 3.63) is 59.7 Å². The number of methoxy groups -OCH3 is 2. The number of rotatable bonds is 7. The molecule has 2 atom stereocenters. The maximum Gasteiger partial charge on any atom is 0.407 e. The minimum Gasteiger partial charge on any atom is -0.497 e. The Balaban J connectivity index is 1.74. The molecular weight excluding hydrogens is 397 g/mol. The summed E-state index contributed by atoms with van der Waals surface area (Å²) in [6.45, 7) is 0.0798. The van der Waals surface area contributed by atoms with E-state index in [1.807, 2.05) is 6.07 Å². The number of benzene rings is 2. The number of carbonyl (C=O) groups excluding carboxylic acids is 1. The van der Waals surface area contributed by atoms with Gasteiger partial charge in [0.15, 0.2) is 0 Å². The highest BCUT2D eigenvalue weighted by molar-refractivity contribution is 5.79. The first-order chi connectivity index (χ1) is 14.3. The fourth-order valence-corrected chi connectivity index (χ4v) is 3.84. The lowest BCUT2D eigenvalue weighted by molar-refractivity contribution is -0.159. The molecule has 30 heavy (non-hydrogen) atoms. The molecule has 2 unspecified atom stereocenters. The van der Waals surface area contributed by atoms with Crippen LogP contribution in [0, 0.1) is 0 Å². The second-order valence-corrected chi connectivity index (χ2v) is 7.12. The Bertz CT molecular complexity index is 858. The molecule has 1 N–H and O–H groups in total. The van der Waals surface area contributed by atoms with Gasteiger partial charge in [-0.2, -0.15) is 13.2 Å². The molecule has 1 amide bonds. The van der Waals surface area contributed by atoms with Gasteiger partial charge in [0.1, 0.15) is 17.5 Å². The summed E-state index contributed by atoms with van der Waals surface area (Å²) < 4.78 is 51.2. The van der Waals surface area contributed by atoms with Gasteiger partial charge in [-0.25, -0.2) is 0 Å². The molecule has 162 valence electrons. The topological polar surface area (TPSA) is 50.8 Å². The minimum absolute atomic E-state index is 0.0765. The number of amides is 1. The van der Waals surface area contributed by atoms with Crippen molar-refractivity contribution in [3.63, 3.8) is 0 Å². The average molecular weight is 422 g/mol. The third-order valence-electron chi connectivity index (χ3n) is 5.29. The van der Waals surface area contributed by atoms with Crippen molar-refractivity contribution in [1.29, 1.82) is 0 Å². The molecule has 0 radical (unpaired) electrons. The van der Waals surface area contributed by atoms with E-state index >= 15 is 0 Å². The number of likely N-dealkylation sites (tertiary alicyclic amines) is 1. The third-order valence-corrected chi connectivity index (χ3v) is 5.29. The zero-order valence-electron chi connectivity index (χ0n) is 16.9. The van der Waals surface area contributed by atoms with E-state index in [1.165, 1.54) is 19.2 Å². The average Bonchev–Trinajstić information content (AvgIpc) is 3.22. The van der Waals surface area contributed by atoms with Gasteiger partial charge in [0.05, 0.1) is 26.8 Å². The summed E-state index contributed by atoms with van der Waals surface area (Å²) >= 11 is 0. The molecule has 0 aromatic heterocycles. The lowest BCUT2D eigenvalue weighted by Crippen LogP contribution is -2.42. The Morgan fingerprint density at radius 1 is 1.17 bits per heavy atom. The number of carbonyl (C=O) groups is 1. The van der Waals surface area contributed by atoms with Crippen molar-refractivity contribution < 1.29 is 27.4 Å². The SMILES string of the molecule is COc1ccc(C2CCCN2C(=O)CNC(c2ccccc2)C(F)(F)F)c(OC)c1. The number of halogens is 3. The Labute approximate surface area is 173 Å². The zero-order chi connectivity index (χ0) is 21.7. The summed E-state index contributed by atoms with van der Waals surface area (Å²) in [5.74, 6) is 0.842. The minimum atomic E-state index is -4.51. The second kappa shape index (κ2) is 9.38. The van der Waals surface area contributed by atoms with Crippen LogP contribution in [0.3, 0.4) is 0 Å². The largest absolute Gasteiger partial charge is 0.497 e. The third kappa shape index (κ3) is 4.87. The van der Waals surface area contributed by atoms with E-state index in [-0.39, 0.29) is 17.5 Å². The van der Waals surface area contributed by atoms with Gasteiger partial charge in [-0.15, -0.1) is 0 Å². The van der Waals surface area contributed by atoms with Gasteiger partial charge in [-0.05, 0) is 30.5 Å². The zero-order valence-corrected chi connectivity index (χ0v) is 16.9. The summed E-state index contributed by atoms with van der Waals surface area (Å²) in [5, 5.41) is 2.40. The summed E-state index contributed by atoms with van der Waals surface area (Å²) in [4.78, 5) is 14.5. The molecule has 2 aromatic rings. The number of ether oxygens (including phenoxy) is 2. The van der Waals surface area contributed by atoms with Gasteiger partial charge >= 0.3 is 6.18 Å². The predicted molar refractivity (Wildman–Crippen MR) is 106 cm³/mol. The Hall–Kier alpha value is -2.74. The lowest BCUT2D eigenvalue weighted by Gasteiger charge is -2.28.